The molecule has 4 aromatic rings. The summed E-state index contributed by atoms with van der Waals surface area (Å²) in [6, 6.07) is 16.8. The lowest BCUT2D eigenvalue weighted by Crippen LogP contribution is -2.24. The van der Waals surface area contributed by atoms with Crippen LogP contribution in [0.2, 0.25) is 5.02 Å². The van der Waals surface area contributed by atoms with Gasteiger partial charge in [-0.25, -0.2) is 23.1 Å². The molecule has 0 spiro atoms. The Labute approximate surface area is 178 Å². The third-order valence-corrected chi connectivity index (χ3v) is 5.41. The molecule has 8 nitrogen and oxygen atoms in total. The highest BCUT2D eigenvalue weighted by Crippen LogP contribution is 2.28. The number of aromatic amines is 1. The van der Waals surface area contributed by atoms with Crippen LogP contribution in [0.25, 0.3) is 22.3 Å². The fraction of sp³-hybridized carbons (Fsp3) is 0.150. The molecule has 30 heavy (non-hydrogen) atoms. The number of benzene rings is 2. The summed E-state index contributed by atoms with van der Waals surface area (Å²) in [5.74, 6) is 1.61. The van der Waals surface area contributed by atoms with E-state index < -0.39 is 10.0 Å². The van der Waals surface area contributed by atoms with Gasteiger partial charge in [0.15, 0.2) is 11.6 Å². The zero-order chi connectivity index (χ0) is 21.1. The Kier molecular flexibility index (Phi) is 5.67. The molecule has 2 aromatic carbocycles. The van der Waals surface area contributed by atoms with Gasteiger partial charge in [0, 0.05) is 35.7 Å². The number of nitrogens with one attached hydrogen (secondary N) is 3. The van der Waals surface area contributed by atoms with Crippen LogP contribution in [0.4, 0.5) is 11.6 Å². The van der Waals surface area contributed by atoms with Crippen molar-refractivity contribution in [3.8, 4) is 11.4 Å². The first-order valence-electron chi connectivity index (χ1n) is 9.17. The molecule has 2 aromatic heterocycles. The van der Waals surface area contributed by atoms with Gasteiger partial charge < -0.3 is 5.32 Å². The molecule has 2 heterocycles. The molecule has 0 saturated carbocycles. The lowest BCUT2D eigenvalue weighted by atomic mass is 10.2. The topological polar surface area (TPSA) is 113 Å². The minimum atomic E-state index is -3.28. The van der Waals surface area contributed by atoms with Crippen molar-refractivity contribution in [1.29, 1.82) is 0 Å². The van der Waals surface area contributed by atoms with Crippen LogP contribution in [0.1, 0.15) is 5.69 Å². The Bertz CT molecular complexity index is 1310. The molecule has 10 heteroatoms. The summed E-state index contributed by atoms with van der Waals surface area (Å²) in [6.45, 7) is 0.225. The zero-order valence-electron chi connectivity index (χ0n) is 16.1. The van der Waals surface area contributed by atoms with Crippen LogP contribution in [-0.2, 0) is 16.4 Å². The summed E-state index contributed by atoms with van der Waals surface area (Å²) in [4.78, 5) is 9.18. The maximum absolute atomic E-state index is 11.4. The number of rotatable bonds is 7. The van der Waals surface area contributed by atoms with Crippen molar-refractivity contribution in [2.75, 3.05) is 18.1 Å². The molecule has 0 saturated heterocycles. The third kappa shape index (κ3) is 4.76. The van der Waals surface area contributed by atoms with E-state index in [1.54, 1.807) is 12.1 Å². The summed E-state index contributed by atoms with van der Waals surface area (Å²) < 4.78 is 25.2. The summed E-state index contributed by atoms with van der Waals surface area (Å²) in [6.07, 6.45) is 1.51. The number of sulfonamides is 1. The Balaban J connectivity index is 1.70. The summed E-state index contributed by atoms with van der Waals surface area (Å²) in [5, 5.41) is 12.0. The van der Waals surface area contributed by atoms with Crippen LogP contribution < -0.4 is 10.0 Å². The standard InChI is InChI=1S/C20H19ClN6O2S/c1-30(28,29)22-11-10-13-12-18(24-19(23-13)14-6-2-4-8-16(14)21)25-20-15-7-3-5-9-17(15)26-27-20/h2-9,12,22H,10-11H2,1H3,(H2,23,24,25,26,27). The molecular formula is C20H19ClN6O2S. The number of fused-ring (bicyclic) bond motifs is 1. The van der Waals surface area contributed by atoms with Crippen LogP contribution >= 0.6 is 11.6 Å². The SMILES string of the molecule is CS(=O)(=O)NCCc1cc(Nc2n[nH]c3ccccc23)nc(-c2ccccc2Cl)n1. The number of aromatic nitrogens is 4. The van der Waals surface area contributed by atoms with Gasteiger partial charge in [0.1, 0.15) is 5.82 Å². The third-order valence-electron chi connectivity index (χ3n) is 4.36. The van der Waals surface area contributed by atoms with E-state index in [0.717, 1.165) is 17.2 Å². The summed E-state index contributed by atoms with van der Waals surface area (Å²) in [7, 11) is -3.28. The normalized spacial score (nSPS) is 11.7. The number of H-pyrrole nitrogens is 1. The van der Waals surface area contributed by atoms with E-state index in [9.17, 15) is 8.42 Å². The van der Waals surface area contributed by atoms with Crippen molar-refractivity contribution in [3.05, 3.63) is 65.3 Å². The number of hydrogen-bond donors (Lipinski definition) is 3. The second-order valence-corrected chi connectivity index (χ2v) is 8.95. The highest BCUT2D eigenvalue weighted by molar-refractivity contribution is 7.88. The van der Waals surface area contributed by atoms with E-state index >= 15 is 0 Å². The Morgan fingerprint density at radius 3 is 2.63 bits per heavy atom. The number of nitrogens with zero attached hydrogens (tertiary/aromatic N) is 3. The van der Waals surface area contributed by atoms with Gasteiger partial charge in [-0.1, -0.05) is 35.9 Å². The summed E-state index contributed by atoms with van der Waals surface area (Å²) >= 11 is 6.34. The van der Waals surface area contributed by atoms with Crippen molar-refractivity contribution in [1.82, 2.24) is 24.9 Å². The number of anilines is 2. The first-order valence-corrected chi connectivity index (χ1v) is 11.4. The number of hydrogen-bond acceptors (Lipinski definition) is 6. The molecule has 0 radical (unpaired) electrons. The number of para-hydroxylation sites is 1. The highest BCUT2D eigenvalue weighted by atomic mass is 35.5. The van der Waals surface area contributed by atoms with Crippen molar-refractivity contribution in [2.45, 2.75) is 6.42 Å². The molecule has 0 atom stereocenters. The second kappa shape index (κ2) is 8.39. The molecule has 4 rings (SSSR count). The average Bonchev–Trinajstić information content (AvgIpc) is 3.10. The van der Waals surface area contributed by atoms with E-state index in [1.807, 2.05) is 42.5 Å². The minimum absolute atomic E-state index is 0.225. The van der Waals surface area contributed by atoms with Crippen LogP contribution in [0, 0.1) is 0 Å². The molecule has 0 amide bonds. The van der Waals surface area contributed by atoms with Gasteiger partial charge in [-0.15, -0.1) is 0 Å². The molecule has 0 unspecified atom stereocenters. The van der Waals surface area contributed by atoms with Gasteiger partial charge in [0.2, 0.25) is 10.0 Å². The van der Waals surface area contributed by atoms with Crippen LogP contribution in [0.15, 0.2) is 54.6 Å². The van der Waals surface area contributed by atoms with Crippen LogP contribution in [0.5, 0.6) is 0 Å². The van der Waals surface area contributed by atoms with Crippen molar-refractivity contribution < 1.29 is 8.42 Å². The lowest BCUT2D eigenvalue weighted by molar-refractivity contribution is 0.587. The molecular weight excluding hydrogens is 424 g/mol. The minimum Gasteiger partial charge on any atom is -0.323 e. The van der Waals surface area contributed by atoms with E-state index in [1.165, 1.54) is 0 Å². The predicted octanol–water partition coefficient (Wildman–Crippen LogP) is 3.51. The van der Waals surface area contributed by atoms with Gasteiger partial charge in [-0.05, 0) is 24.3 Å². The molecule has 0 bridgehead atoms. The van der Waals surface area contributed by atoms with Gasteiger partial charge in [-0.3, -0.25) is 5.10 Å². The molecule has 0 aliphatic rings. The maximum atomic E-state index is 11.4. The summed E-state index contributed by atoms with van der Waals surface area (Å²) in [5.41, 5.74) is 2.25. The highest BCUT2D eigenvalue weighted by Gasteiger charge is 2.13. The Hall–Kier alpha value is -3.01. The van der Waals surface area contributed by atoms with Crippen molar-refractivity contribution in [2.24, 2.45) is 0 Å². The maximum Gasteiger partial charge on any atom is 0.208 e. The molecule has 0 fully saturated rings. The fourth-order valence-corrected chi connectivity index (χ4v) is 3.69. The first kappa shape index (κ1) is 20.3. The van der Waals surface area contributed by atoms with Crippen molar-refractivity contribution >= 4 is 44.2 Å². The molecule has 3 N–H and O–H groups in total. The monoisotopic (exact) mass is 442 g/mol. The van der Waals surface area contributed by atoms with E-state index in [2.05, 4.69) is 30.2 Å². The van der Waals surface area contributed by atoms with E-state index in [-0.39, 0.29) is 6.54 Å². The number of halogens is 1. The Morgan fingerprint density at radius 1 is 1.07 bits per heavy atom. The van der Waals surface area contributed by atoms with E-state index in [0.29, 0.717) is 40.2 Å². The van der Waals surface area contributed by atoms with Gasteiger partial charge in [0.25, 0.3) is 0 Å². The lowest BCUT2D eigenvalue weighted by Gasteiger charge is -2.10. The molecule has 0 aliphatic carbocycles. The van der Waals surface area contributed by atoms with E-state index in [4.69, 9.17) is 11.6 Å². The second-order valence-electron chi connectivity index (χ2n) is 6.71. The average molecular weight is 443 g/mol. The largest absolute Gasteiger partial charge is 0.323 e. The predicted molar refractivity (Wildman–Crippen MR) is 118 cm³/mol. The fourth-order valence-electron chi connectivity index (χ4n) is 3.00. The quantitative estimate of drug-likeness (QED) is 0.403. The van der Waals surface area contributed by atoms with Gasteiger partial charge in [0.05, 0.1) is 16.8 Å². The van der Waals surface area contributed by atoms with Gasteiger partial charge >= 0.3 is 0 Å². The van der Waals surface area contributed by atoms with Crippen LogP contribution in [0.3, 0.4) is 0 Å². The molecule has 0 aliphatic heterocycles. The zero-order valence-corrected chi connectivity index (χ0v) is 17.6. The Morgan fingerprint density at radius 2 is 1.83 bits per heavy atom. The van der Waals surface area contributed by atoms with Gasteiger partial charge in [-0.2, -0.15) is 5.10 Å². The van der Waals surface area contributed by atoms with Crippen molar-refractivity contribution in [3.63, 3.8) is 0 Å². The smallest absolute Gasteiger partial charge is 0.208 e. The van der Waals surface area contributed by atoms with Crippen LogP contribution in [-0.4, -0.2) is 41.4 Å². The first-order chi connectivity index (χ1) is 14.4. The molecule has 154 valence electrons.